The number of sulfone groups is 1. The Balaban J connectivity index is 1.66. The van der Waals surface area contributed by atoms with E-state index in [0.717, 1.165) is 12.8 Å². The first-order valence-electron chi connectivity index (χ1n) is 8.97. The molecular formula is C17H24N4O4S2. The first-order chi connectivity index (χ1) is 12.9. The molecule has 1 aliphatic heterocycles. The number of nitrogens with zero attached hydrogens (tertiary/aromatic N) is 4. The lowest BCUT2D eigenvalue weighted by atomic mass is 10.2. The van der Waals surface area contributed by atoms with Crippen LogP contribution in [0.15, 0.2) is 28.0 Å². The molecule has 1 fully saturated rings. The summed E-state index contributed by atoms with van der Waals surface area (Å²) >= 11 is 1.30. The Morgan fingerprint density at radius 3 is 2.89 bits per heavy atom. The fourth-order valence-corrected chi connectivity index (χ4v) is 5.66. The number of thioether (sulfide) groups is 1. The number of hydrogen-bond donors (Lipinski definition) is 0. The normalized spacial score (nSPS) is 18.7. The molecule has 0 spiro atoms. The predicted molar refractivity (Wildman–Crippen MR) is 103 cm³/mol. The predicted octanol–water partition coefficient (Wildman–Crippen LogP) is 1.98. The van der Waals surface area contributed by atoms with Crippen LogP contribution in [0.25, 0.3) is 11.6 Å². The van der Waals surface area contributed by atoms with Crippen molar-refractivity contribution in [3.63, 3.8) is 0 Å². The third-order valence-electron chi connectivity index (χ3n) is 4.62. The first-order valence-corrected chi connectivity index (χ1v) is 11.8. The SMILES string of the molecule is CCCCN(C(=O)CSc1nnc(-c2ccco2)n1C)[C@H]1CCS(=O)(=O)C1. The summed E-state index contributed by atoms with van der Waals surface area (Å²) in [5.74, 6) is 1.59. The summed E-state index contributed by atoms with van der Waals surface area (Å²) in [4.78, 5) is 14.5. The van der Waals surface area contributed by atoms with Gasteiger partial charge in [0.2, 0.25) is 5.91 Å². The number of unbranched alkanes of at least 4 members (excludes halogenated alkanes) is 1. The second-order valence-corrected chi connectivity index (χ2v) is 9.80. The van der Waals surface area contributed by atoms with E-state index in [0.29, 0.717) is 29.7 Å². The summed E-state index contributed by atoms with van der Waals surface area (Å²) in [6, 6.07) is 3.37. The molecule has 1 amide bonds. The molecule has 2 aromatic rings. The van der Waals surface area contributed by atoms with Gasteiger partial charge in [-0.05, 0) is 25.0 Å². The number of carbonyl (C=O) groups excluding carboxylic acids is 1. The Bertz CT molecular complexity index is 877. The van der Waals surface area contributed by atoms with Crippen molar-refractivity contribution < 1.29 is 17.6 Å². The van der Waals surface area contributed by atoms with Crippen molar-refractivity contribution in [3.8, 4) is 11.6 Å². The molecule has 1 atom stereocenters. The smallest absolute Gasteiger partial charge is 0.233 e. The van der Waals surface area contributed by atoms with Gasteiger partial charge in [-0.25, -0.2) is 8.42 Å². The minimum Gasteiger partial charge on any atom is -0.461 e. The number of rotatable bonds is 8. The van der Waals surface area contributed by atoms with Crippen LogP contribution in [0.3, 0.4) is 0 Å². The van der Waals surface area contributed by atoms with E-state index in [2.05, 4.69) is 17.1 Å². The molecular weight excluding hydrogens is 388 g/mol. The van der Waals surface area contributed by atoms with Gasteiger partial charge >= 0.3 is 0 Å². The minimum absolute atomic E-state index is 0.0573. The zero-order chi connectivity index (χ0) is 19.4. The maximum Gasteiger partial charge on any atom is 0.233 e. The zero-order valence-corrected chi connectivity index (χ0v) is 17.1. The lowest BCUT2D eigenvalue weighted by molar-refractivity contribution is -0.130. The summed E-state index contributed by atoms with van der Waals surface area (Å²) < 4.78 is 30.7. The minimum atomic E-state index is -3.03. The molecule has 0 unspecified atom stereocenters. The third-order valence-corrected chi connectivity index (χ3v) is 7.38. The van der Waals surface area contributed by atoms with Gasteiger partial charge in [-0.2, -0.15) is 0 Å². The summed E-state index contributed by atoms with van der Waals surface area (Å²) in [7, 11) is -1.21. The Kier molecular flexibility index (Phi) is 6.25. The molecule has 0 aliphatic carbocycles. The maximum absolute atomic E-state index is 12.8. The molecule has 0 saturated carbocycles. The third kappa shape index (κ3) is 4.73. The van der Waals surface area contributed by atoms with E-state index >= 15 is 0 Å². The van der Waals surface area contributed by atoms with Crippen LogP contribution >= 0.6 is 11.8 Å². The van der Waals surface area contributed by atoms with E-state index in [1.807, 2.05) is 7.05 Å². The van der Waals surface area contributed by atoms with Gasteiger partial charge in [-0.1, -0.05) is 25.1 Å². The van der Waals surface area contributed by atoms with Crippen LogP contribution in [-0.2, 0) is 21.7 Å². The second kappa shape index (κ2) is 8.47. The van der Waals surface area contributed by atoms with E-state index in [1.165, 1.54) is 11.8 Å². The van der Waals surface area contributed by atoms with Crippen molar-refractivity contribution in [3.05, 3.63) is 18.4 Å². The number of carbonyl (C=O) groups is 1. The van der Waals surface area contributed by atoms with E-state index in [9.17, 15) is 13.2 Å². The molecule has 0 radical (unpaired) electrons. The highest BCUT2D eigenvalue weighted by Gasteiger charge is 2.34. The molecule has 3 heterocycles. The molecule has 0 N–H and O–H groups in total. The van der Waals surface area contributed by atoms with Gasteiger partial charge in [0.05, 0.1) is 23.5 Å². The lowest BCUT2D eigenvalue weighted by Crippen LogP contribution is -2.42. The van der Waals surface area contributed by atoms with Crippen molar-refractivity contribution in [2.45, 2.75) is 37.4 Å². The first kappa shape index (κ1) is 19.9. The summed E-state index contributed by atoms with van der Waals surface area (Å²) in [6.45, 7) is 2.64. The van der Waals surface area contributed by atoms with Gasteiger partial charge < -0.3 is 13.9 Å². The topological polar surface area (TPSA) is 98.3 Å². The Labute approximate surface area is 163 Å². The van der Waals surface area contributed by atoms with Gasteiger partial charge in [0.25, 0.3) is 0 Å². The highest BCUT2D eigenvalue weighted by atomic mass is 32.2. The number of furan rings is 1. The summed E-state index contributed by atoms with van der Waals surface area (Å²) in [5.41, 5.74) is 0. The van der Waals surface area contributed by atoms with Crippen molar-refractivity contribution in [1.29, 1.82) is 0 Å². The van der Waals surface area contributed by atoms with E-state index < -0.39 is 9.84 Å². The molecule has 8 nitrogen and oxygen atoms in total. The van der Waals surface area contributed by atoms with Gasteiger partial charge in [-0.3, -0.25) is 4.79 Å². The Morgan fingerprint density at radius 1 is 1.44 bits per heavy atom. The van der Waals surface area contributed by atoms with Crippen LogP contribution in [0, 0.1) is 0 Å². The maximum atomic E-state index is 12.8. The number of amides is 1. The van der Waals surface area contributed by atoms with E-state index in [1.54, 1.807) is 27.9 Å². The van der Waals surface area contributed by atoms with Gasteiger partial charge in [0.1, 0.15) is 0 Å². The average molecular weight is 413 g/mol. The van der Waals surface area contributed by atoms with Crippen LogP contribution in [0.2, 0.25) is 0 Å². The molecule has 148 valence electrons. The van der Waals surface area contributed by atoms with Gasteiger partial charge in [0.15, 0.2) is 26.6 Å². The zero-order valence-electron chi connectivity index (χ0n) is 15.5. The summed E-state index contributed by atoms with van der Waals surface area (Å²) in [5, 5.41) is 8.87. The molecule has 1 aliphatic rings. The summed E-state index contributed by atoms with van der Waals surface area (Å²) in [6.07, 6.45) is 3.91. The van der Waals surface area contributed by atoms with Crippen LogP contribution in [0.1, 0.15) is 26.2 Å². The standard InChI is InChI=1S/C17H24N4O4S2/c1-3-4-8-21(13-7-10-27(23,24)12-13)15(22)11-26-17-19-18-16(20(17)2)14-6-5-9-25-14/h5-6,9,13H,3-4,7-8,10-12H2,1-2H3/t13-/m0/s1. The molecule has 10 heteroatoms. The van der Waals surface area contributed by atoms with Crippen molar-refractivity contribution in [1.82, 2.24) is 19.7 Å². The molecule has 0 aromatic carbocycles. The molecule has 2 aromatic heterocycles. The van der Waals surface area contributed by atoms with Crippen LogP contribution < -0.4 is 0 Å². The highest BCUT2D eigenvalue weighted by Crippen LogP contribution is 2.24. The van der Waals surface area contributed by atoms with Crippen LogP contribution in [0.4, 0.5) is 0 Å². The van der Waals surface area contributed by atoms with Gasteiger partial charge in [-0.15, -0.1) is 10.2 Å². The Morgan fingerprint density at radius 2 is 2.26 bits per heavy atom. The highest BCUT2D eigenvalue weighted by molar-refractivity contribution is 7.99. The fourth-order valence-electron chi connectivity index (χ4n) is 3.13. The average Bonchev–Trinajstić information content (AvgIpc) is 3.34. The molecule has 1 saturated heterocycles. The van der Waals surface area contributed by atoms with Gasteiger partial charge in [0, 0.05) is 19.6 Å². The van der Waals surface area contributed by atoms with Crippen LogP contribution in [-0.4, -0.2) is 63.8 Å². The Hall–Kier alpha value is -1.81. The lowest BCUT2D eigenvalue weighted by Gasteiger charge is -2.28. The van der Waals surface area contributed by atoms with Crippen molar-refractivity contribution >= 4 is 27.5 Å². The molecule has 3 rings (SSSR count). The number of aromatic nitrogens is 3. The quantitative estimate of drug-likeness (QED) is 0.611. The largest absolute Gasteiger partial charge is 0.461 e. The fraction of sp³-hybridized carbons (Fsp3) is 0.588. The van der Waals surface area contributed by atoms with Crippen molar-refractivity contribution in [2.75, 3.05) is 23.8 Å². The second-order valence-electron chi connectivity index (χ2n) is 6.63. The number of hydrogen-bond acceptors (Lipinski definition) is 7. The van der Waals surface area contributed by atoms with E-state index in [-0.39, 0.29) is 29.2 Å². The van der Waals surface area contributed by atoms with E-state index in [4.69, 9.17) is 4.42 Å². The molecule has 27 heavy (non-hydrogen) atoms. The molecule has 0 bridgehead atoms. The van der Waals surface area contributed by atoms with Crippen molar-refractivity contribution in [2.24, 2.45) is 7.05 Å². The monoisotopic (exact) mass is 412 g/mol. The van der Waals surface area contributed by atoms with Crippen LogP contribution in [0.5, 0.6) is 0 Å².